The van der Waals surface area contributed by atoms with Crippen LogP contribution < -0.4 is 5.73 Å². The van der Waals surface area contributed by atoms with Crippen molar-refractivity contribution < 1.29 is 0 Å². The highest BCUT2D eigenvalue weighted by atomic mass is 15.3. The average Bonchev–Trinajstić information content (AvgIpc) is 2.90. The van der Waals surface area contributed by atoms with Gasteiger partial charge in [-0.05, 0) is 32.3 Å². The van der Waals surface area contributed by atoms with E-state index in [0.29, 0.717) is 0 Å². The maximum Gasteiger partial charge on any atom is 0.164 e. The van der Waals surface area contributed by atoms with E-state index in [0.717, 1.165) is 35.8 Å². The van der Waals surface area contributed by atoms with Crippen LogP contribution in [0.4, 0.5) is 0 Å². The standard InChI is InChI=1S/C16H19N5/c1-11-10-15-19-20-16(21(15)12(2)18-11)14(17)9-8-13-6-4-3-5-7-13/h3-7,10,14H,8-9,17H2,1-2H3. The fourth-order valence-corrected chi connectivity index (χ4v) is 2.59. The molecule has 1 aromatic carbocycles. The van der Waals surface area contributed by atoms with Crippen molar-refractivity contribution in [3.63, 3.8) is 0 Å². The van der Waals surface area contributed by atoms with Crippen LogP contribution in [0.5, 0.6) is 0 Å². The second-order valence-corrected chi connectivity index (χ2v) is 5.33. The van der Waals surface area contributed by atoms with E-state index in [2.05, 4.69) is 27.3 Å². The van der Waals surface area contributed by atoms with Crippen LogP contribution in [0.25, 0.3) is 5.65 Å². The lowest BCUT2D eigenvalue weighted by atomic mass is 10.1. The van der Waals surface area contributed by atoms with E-state index in [1.807, 2.05) is 42.5 Å². The first-order valence-corrected chi connectivity index (χ1v) is 7.14. The van der Waals surface area contributed by atoms with Crippen molar-refractivity contribution in [2.45, 2.75) is 32.7 Å². The molecular formula is C16H19N5. The minimum atomic E-state index is -0.150. The summed E-state index contributed by atoms with van der Waals surface area (Å²) < 4.78 is 1.95. The maximum absolute atomic E-state index is 6.31. The number of hydrogen-bond acceptors (Lipinski definition) is 4. The van der Waals surface area contributed by atoms with Crippen molar-refractivity contribution in [3.8, 4) is 0 Å². The molecule has 21 heavy (non-hydrogen) atoms. The quantitative estimate of drug-likeness (QED) is 0.797. The summed E-state index contributed by atoms with van der Waals surface area (Å²) in [6.07, 6.45) is 1.76. The van der Waals surface area contributed by atoms with Crippen molar-refractivity contribution in [1.29, 1.82) is 0 Å². The molecule has 0 spiro atoms. The maximum atomic E-state index is 6.31. The highest BCUT2D eigenvalue weighted by molar-refractivity contribution is 5.40. The smallest absolute Gasteiger partial charge is 0.164 e. The number of nitrogens with zero attached hydrogens (tertiary/aromatic N) is 4. The summed E-state index contributed by atoms with van der Waals surface area (Å²) in [7, 11) is 0. The number of aromatic nitrogens is 4. The monoisotopic (exact) mass is 281 g/mol. The average molecular weight is 281 g/mol. The van der Waals surface area contributed by atoms with Gasteiger partial charge in [-0.25, -0.2) is 4.98 Å². The molecular weight excluding hydrogens is 262 g/mol. The normalized spacial score (nSPS) is 12.7. The highest BCUT2D eigenvalue weighted by Crippen LogP contribution is 2.17. The van der Waals surface area contributed by atoms with Crippen molar-refractivity contribution in [3.05, 3.63) is 59.3 Å². The minimum Gasteiger partial charge on any atom is -0.321 e. The van der Waals surface area contributed by atoms with Gasteiger partial charge in [0.15, 0.2) is 11.5 Å². The van der Waals surface area contributed by atoms with Crippen molar-refractivity contribution in [2.75, 3.05) is 0 Å². The molecule has 0 aliphatic rings. The predicted octanol–water partition coefficient (Wildman–Crippen LogP) is 2.37. The molecule has 0 aliphatic heterocycles. The predicted molar refractivity (Wildman–Crippen MR) is 81.9 cm³/mol. The van der Waals surface area contributed by atoms with Gasteiger partial charge in [-0.3, -0.25) is 4.40 Å². The number of nitrogens with two attached hydrogens (primary N) is 1. The molecule has 2 N–H and O–H groups in total. The minimum absolute atomic E-state index is 0.150. The summed E-state index contributed by atoms with van der Waals surface area (Å²) in [6, 6.07) is 12.1. The molecule has 0 amide bonds. The van der Waals surface area contributed by atoms with E-state index < -0.39 is 0 Å². The largest absolute Gasteiger partial charge is 0.321 e. The molecule has 5 nitrogen and oxygen atoms in total. The molecule has 3 rings (SSSR count). The third-order valence-corrected chi connectivity index (χ3v) is 3.63. The number of hydrogen-bond donors (Lipinski definition) is 1. The van der Waals surface area contributed by atoms with Crippen LogP contribution in [0, 0.1) is 13.8 Å². The number of rotatable bonds is 4. The van der Waals surface area contributed by atoms with Gasteiger partial charge < -0.3 is 5.73 Å². The summed E-state index contributed by atoms with van der Waals surface area (Å²) in [5, 5.41) is 8.47. The Kier molecular flexibility index (Phi) is 3.66. The van der Waals surface area contributed by atoms with E-state index in [4.69, 9.17) is 5.73 Å². The Morgan fingerprint density at radius 3 is 2.67 bits per heavy atom. The number of benzene rings is 1. The summed E-state index contributed by atoms with van der Waals surface area (Å²) in [6.45, 7) is 3.91. The van der Waals surface area contributed by atoms with Crippen molar-refractivity contribution >= 4 is 5.65 Å². The molecule has 1 unspecified atom stereocenters. The first kappa shape index (κ1) is 13.7. The highest BCUT2D eigenvalue weighted by Gasteiger charge is 2.16. The third kappa shape index (κ3) is 2.78. The molecule has 0 saturated heterocycles. The Hall–Kier alpha value is -2.27. The Morgan fingerprint density at radius 1 is 1.14 bits per heavy atom. The second-order valence-electron chi connectivity index (χ2n) is 5.33. The van der Waals surface area contributed by atoms with Crippen LogP contribution in [-0.2, 0) is 6.42 Å². The van der Waals surface area contributed by atoms with Crippen LogP contribution in [0.1, 0.15) is 35.4 Å². The summed E-state index contributed by atoms with van der Waals surface area (Å²) in [4.78, 5) is 4.46. The zero-order valence-electron chi connectivity index (χ0n) is 12.3. The molecule has 2 heterocycles. The van der Waals surface area contributed by atoms with Crippen LogP contribution >= 0.6 is 0 Å². The zero-order chi connectivity index (χ0) is 14.8. The molecule has 2 aromatic heterocycles. The molecule has 0 saturated carbocycles. The molecule has 3 aromatic rings. The van der Waals surface area contributed by atoms with E-state index in [-0.39, 0.29) is 6.04 Å². The van der Waals surface area contributed by atoms with E-state index >= 15 is 0 Å². The zero-order valence-corrected chi connectivity index (χ0v) is 12.3. The molecule has 0 bridgehead atoms. The lowest BCUT2D eigenvalue weighted by molar-refractivity contribution is 0.601. The van der Waals surface area contributed by atoms with Gasteiger partial charge in [-0.15, -0.1) is 10.2 Å². The van der Waals surface area contributed by atoms with Gasteiger partial charge in [0, 0.05) is 11.8 Å². The molecule has 0 radical (unpaired) electrons. The number of aryl methyl sites for hydroxylation is 3. The lowest BCUT2D eigenvalue weighted by Gasteiger charge is -2.11. The Morgan fingerprint density at radius 2 is 1.90 bits per heavy atom. The lowest BCUT2D eigenvalue weighted by Crippen LogP contribution is -2.16. The van der Waals surface area contributed by atoms with Crippen molar-refractivity contribution in [2.24, 2.45) is 5.73 Å². The molecule has 0 aliphatic carbocycles. The molecule has 0 fully saturated rings. The van der Waals surface area contributed by atoms with Crippen LogP contribution in [-0.4, -0.2) is 19.6 Å². The second kappa shape index (κ2) is 5.61. The van der Waals surface area contributed by atoms with Gasteiger partial charge in [0.05, 0.1) is 6.04 Å². The van der Waals surface area contributed by atoms with Crippen LogP contribution in [0.3, 0.4) is 0 Å². The summed E-state index contributed by atoms with van der Waals surface area (Å²) in [5.41, 5.74) is 9.35. The van der Waals surface area contributed by atoms with Gasteiger partial charge in [-0.2, -0.15) is 0 Å². The SMILES string of the molecule is Cc1cc2nnc(C(N)CCc3ccccc3)n2c(C)n1. The first-order chi connectivity index (χ1) is 10.1. The van der Waals surface area contributed by atoms with Crippen LogP contribution in [0.15, 0.2) is 36.4 Å². The fourth-order valence-electron chi connectivity index (χ4n) is 2.59. The summed E-state index contributed by atoms with van der Waals surface area (Å²) in [5.74, 6) is 1.66. The van der Waals surface area contributed by atoms with E-state index in [1.165, 1.54) is 5.56 Å². The molecule has 108 valence electrons. The molecule has 5 heteroatoms. The van der Waals surface area contributed by atoms with Gasteiger partial charge in [0.1, 0.15) is 5.82 Å². The first-order valence-electron chi connectivity index (χ1n) is 7.14. The van der Waals surface area contributed by atoms with Gasteiger partial charge in [0.2, 0.25) is 0 Å². The molecule has 1 atom stereocenters. The topological polar surface area (TPSA) is 69.1 Å². The Balaban J connectivity index is 1.83. The number of fused-ring (bicyclic) bond motifs is 1. The van der Waals surface area contributed by atoms with E-state index in [9.17, 15) is 0 Å². The Labute approximate surface area is 123 Å². The van der Waals surface area contributed by atoms with Crippen LogP contribution in [0.2, 0.25) is 0 Å². The van der Waals surface area contributed by atoms with Gasteiger partial charge in [-0.1, -0.05) is 30.3 Å². The van der Waals surface area contributed by atoms with Gasteiger partial charge in [0.25, 0.3) is 0 Å². The fraction of sp³-hybridized carbons (Fsp3) is 0.312. The Bertz CT molecular complexity index is 748. The van der Waals surface area contributed by atoms with E-state index in [1.54, 1.807) is 0 Å². The van der Waals surface area contributed by atoms with Gasteiger partial charge >= 0.3 is 0 Å². The van der Waals surface area contributed by atoms with Crippen molar-refractivity contribution in [1.82, 2.24) is 19.6 Å². The third-order valence-electron chi connectivity index (χ3n) is 3.63. The summed E-state index contributed by atoms with van der Waals surface area (Å²) >= 11 is 0.